The number of carboxylic acid groups (broad SMARTS) is 1. The second kappa shape index (κ2) is 7.54. The molecular formula is C17H19NO6. The van der Waals surface area contributed by atoms with E-state index in [1.807, 2.05) is 0 Å². The van der Waals surface area contributed by atoms with Gasteiger partial charge in [0.25, 0.3) is 5.91 Å². The maximum Gasteiger partial charge on any atom is 0.339 e. The molecule has 0 radical (unpaired) electrons. The van der Waals surface area contributed by atoms with E-state index in [0.29, 0.717) is 23.0 Å². The maximum absolute atomic E-state index is 12.1. The van der Waals surface area contributed by atoms with E-state index in [2.05, 4.69) is 0 Å². The van der Waals surface area contributed by atoms with Crippen LogP contribution in [-0.4, -0.2) is 42.6 Å². The third-order valence-corrected chi connectivity index (χ3v) is 3.42. The fourth-order valence-corrected chi connectivity index (χ4v) is 2.10. The summed E-state index contributed by atoms with van der Waals surface area (Å²) in [6.07, 6.45) is 0. The number of benzene rings is 1. The van der Waals surface area contributed by atoms with Gasteiger partial charge in [0.2, 0.25) is 0 Å². The van der Waals surface area contributed by atoms with Crippen LogP contribution in [-0.2, 0) is 11.3 Å². The number of carboxylic acids is 1. The molecule has 2 aromatic rings. The van der Waals surface area contributed by atoms with Gasteiger partial charge in [-0.2, -0.15) is 0 Å². The number of aromatic carboxylic acids is 1. The molecule has 24 heavy (non-hydrogen) atoms. The van der Waals surface area contributed by atoms with Crippen LogP contribution in [0.1, 0.15) is 21.9 Å². The minimum absolute atomic E-state index is 0.0958. The van der Waals surface area contributed by atoms with Crippen LogP contribution >= 0.6 is 0 Å². The molecule has 0 saturated heterocycles. The number of rotatable bonds is 7. The highest BCUT2D eigenvalue weighted by Crippen LogP contribution is 2.19. The maximum atomic E-state index is 12.1. The number of carbonyl (C=O) groups excluding carboxylic acids is 1. The Hall–Kier alpha value is -2.96. The van der Waals surface area contributed by atoms with Crippen LogP contribution in [0.3, 0.4) is 0 Å². The van der Waals surface area contributed by atoms with Crippen molar-refractivity contribution in [1.29, 1.82) is 0 Å². The lowest BCUT2D eigenvalue weighted by atomic mass is 10.2. The number of carbonyl (C=O) groups is 2. The number of methoxy groups -OCH3 is 1. The van der Waals surface area contributed by atoms with E-state index >= 15 is 0 Å². The highest BCUT2D eigenvalue weighted by atomic mass is 16.5. The molecule has 2 rings (SSSR count). The molecule has 1 amide bonds. The van der Waals surface area contributed by atoms with Crippen molar-refractivity contribution >= 4 is 11.9 Å². The molecule has 1 aromatic heterocycles. The van der Waals surface area contributed by atoms with Crippen molar-refractivity contribution in [3.63, 3.8) is 0 Å². The summed E-state index contributed by atoms with van der Waals surface area (Å²) >= 11 is 0. The van der Waals surface area contributed by atoms with E-state index in [0.717, 1.165) is 0 Å². The molecular weight excluding hydrogens is 314 g/mol. The van der Waals surface area contributed by atoms with Gasteiger partial charge in [0.15, 0.2) is 6.61 Å². The van der Waals surface area contributed by atoms with E-state index < -0.39 is 5.97 Å². The van der Waals surface area contributed by atoms with Gasteiger partial charge in [-0.3, -0.25) is 4.79 Å². The fourth-order valence-electron chi connectivity index (χ4n) is 2.10. The number of amides is 1. The van der Waals surface area contributed by atoms with Gasteiger partial charge in [-0.15, -0.1) is 0 Å². The minimum atomic E-state index is -1.06. The van der Waals surface area contributed by atoms with E-state index in [-0.39, 0.29) is 24.6 Å². The number of aryl methyl sites for hydroxylation is 1. The fraction of sp³-hybridized carbons (Fsp3) is 0.294. The first-order valence-electron chi connectivity index (χ1n) is 7.24. The Bertz CT molecular complexity index is 736. The standard InChI is InChI=1S/C17H19NO6/c1-11-15(17(20)21)8-14(24-11)9-18(2)16(19)10-23-13-6-4-5-12(7-13)22-3/h4-8H,9-10H2,1-3H3,(H,20,21). The SMILES string of the molecule is COc1cccc(OCC(=O)N(C)Cc2cc(C(=O)O)c(C)o2)c1. The lowest BCUT2D eigenvalue weighted by molar-refractivity contribution is -0.132. The predicted molar refractivity (Wildman–Crippen MR) is 85.4 cm³/mol. The summed E-state index contributed by atoms with van der Waals surface area (Å²) in [5, 5.41) is 9.00. The van der Waals surface area contributed by atoms with Gasteiger partial charge in [0.05, 0.1) is 13.7 Å². The van der Waals surface area contributed by atoms with Crippen molar-refractivity contribution in [2.75, 3.05) is 20.8 Å². The van der Waals surface area contributed by atoms with Crippen LogP contribution in [0.2, 0.25) is 0 Å². The van der Waals surface area contributed by atoms with Gasteiger partial charge in [-0.1, -0.05) is 6.07 Å². The molecule has 128 valence electrons. The van der Waals surface area contributed by atoms with Gasteiger partial charge < -0.3 is 23.9 Å². The summed E-state index contributed by atoms with van der Waals surface area (Å²) in [4.78, 5) is 24.5. The Morgan fingerprint density at radius 3 is 2.58 bits per heavy atom. The highest BCUT2D eigenvalue weighted by molar-refractivity contribution is 5.88. The predicted octanol–water partition coefficient (Wildman–Crippen LogP) is 2.33. The summed E-state index contributed by atoms with van der Waals surface area (Å²) in [7, 11) is 3.14. The molecule has 1 aromatic carbocycles. The third kappa shape index (κ3) is 4.28. The molecule has 0 spiro atoms. The summed E-state index contributed by atoms with van der Waals surface area (Å²) in [5.41, 5.74) is 0.0958. The molecule has 1 N–H and O–H groups in total. The average molecular weight is 333 g/mol. The largest absolute Gasteiger partial charge is 0.497 e. The Kier molecular flexibility index (Phi) is 5.47. The van der Waals surface area contributed by atoms with Crippen LogP contribution in [0.25, 0.3) is 0 Å². The Morgan fingerprint density at radius 1 is 1.25 bits per heavy atom. The first-order chi connectivity index (χ1) is 11.4. The van der Waals surface area contributed by atoms with Crippen LogP contribution in [0, 0.1) is 6.92 Å². The molecule has 0 aliphatic rings. The number of ether oxygens (including phenoxy) is 2. The summed E-state index contributed by atoms with van der Waals surface area (Å²) in [6, 6.07) is 8.37. The minimum Gasteiger partial charge on any atom is -0.497 e. The van der Waals surface area contributed by atoms with Gasteiger partial charge in [0.1, 0.15) is 28.6 Å². The second-order valence-electron chi connectivity index (χ2n) is 5.21. The zero-order valence-electron chi connectivity index (χ0n) is 13.7. The topological polar surface area (TPSA) is 89.2 Å². The van der Waals surface area contributed by atoms with E-state index in [1.54, 1.807) is 45.3 Å². The second-order valence-corrected chi connectivity index (χ2v) is 5.21. The average Bonchev–Trinajstić information content (AvgIpc) is 2.93. The van der Waals surface area contributed by atoms with E-state index in [1.165, 1.54) is 11.0 Å². The number of furan rings is 1. The molecule has 7 nitrogen and oxygen atoms in total. The first-order valence-corrected chi connectivity index (χ1v) is 7.24. The molecule has 0 aliphatic heterocycles. The number of likely N-dealkylation sites (N-methyl/N-ethyl adjacent to an activating group) is 1. The van der Waals surface area contributed by atoms with Crippen LogP contribution in [0.4, 0.5) is 0 Å². The summed E-state index contributed by atoms with van der Waals surface area (Å²) in [6.45, 7) is 1.59. The molecule has 0 unspecified atom stereocenters. The van der Waals surface area contributed by atoms with E-state index in [4.69, 9.17) is 19.0 Å². The number of nitrogens with zero attached hydrogens (tertiary/aromatic N) is 1. The lowest BCUT2D eigenvalue weighted by Gasteiger charge is -2.16. The van der Waals surface area contributed by atoms with Crippen molar-refractivity contribution in [2.24, 2.45) is 0 Å². The molecule has 0 fully saturated rings. The normalized spacial score (nSPS) is 10.3. The van der Waals surface area contributed by atoms with Gasteiger partial charge >= 0.3 is 5.97 Å². The van der Waals surface area contributed by atoms with Crippen molar-refractivity contribution in [3.8, 4) is 11.5 Å². The number of hydrogen-bond acceptors (Lipinski definition) is 5. The Morgan fingerprint density at radius 2 is 1.96 bits per heavy atom. The lowest BCUT2D eigenvalue weighted by Crippen LogP contribution is -2.30. The molecule has 0 atom stereocenters. The summed E-state index contributed by atoms with van der Waals surface area (Å²) < 4.78 is 15.9. The zero-order valence-corrected chi connectivity index (χ0v) is 13.7. The van der Waals surface area contributed by atoms with Gasteiger partial charge in [-0.25, -0.2) is 4.79 Å². The van der Waals surface area contributed by atoms with Crippen LogP contribution < -0.4 is 9.47 Å². The van der Waals surface area contributed by atoms with E-state index in [9.17, 15) is 9.59 Å². The molecule has 0 bridgehead atoms. The van der Waals surface area contributed by atoms with Crippen molar-refractivity contribution in [1.82, 2.24) is 4.90 Å². The van der Waals surface area contributed by atoms with Crippen molar-refractivity contribution < 1.29 is 28.6 Å². The van der Waals surface area contributed by atoms with Gasteiger partial charge in [0, 0.05) is 13.1 Å². The number of hydrogen-bond donors (Lipinski definition) is 1. The Labute approximate surface area is 139 Å². The summed E-state index contributed by atoms with van der Waals surface area (Å²) in [5.74, 6) is 0.563. The van der Waals surface area contributed by atoms with Crippen LogP contribution in [0.15, 0.2) is 34.7 Å². The van der Waals surface area contributed by atoms with Crippen LogP contribution in [0.5, 0.6) is 11.5 Å². The zero-order chi connectivity index (χ0) is 17.7. The monoisotopic (exact) mass is 333 g/mol. The molecule has 7 heteroatoms. The Balaban J connectivity index is 1.92. The van der Waals surface area contributed by atoms with Crippen molar-refractivity contribution in [2.45, 2.75) is 13.5 Å². The first kappa shape index (κ1) is 17.4. The molecule has 0 aliphatic carbocycles. The van der Waals surface area contributed by atoms with Gasteiger partial charge in [-0.05, 0) is 25.1 Å². The quantitative estimate of drug-likeness (QED) is 0.836. The van der Waals surface area contributed by atoms with Crippen molar-refractivity contribution in [3.05, 3.63) is 47.4 Å². The molecule has 0 saturated carbocycles. The molecule has 1 heterocycles. The highest BCUT2D eigenvalue weighted by Gasteiger charge is 2.17. The smallest absolute Gasteiger partial charge is 0.339 e. The third-order valence-electron chi connectivity index (χ3n) is 3.42.